The second kappa shape index (κ2) is 7.12. The van der Waals surface area contributed by atoms with Crippen LogP contribution in [0.25, 0.3) is 11.5 Å². The van der Waals surface area contributed by atoms with Crippen molar-refractivity contribution in [1.29, 1.82) is 0 Å². The van der Waals surface area contributed by atoms with E-state index in [0.29, 0.717) is 18.3 Å². The fourth-order valence-electron chi connectivity index (χ4n) is 3.74. The van der Waals surface area contributed by atoms with Crippen LogP contribution in [0.3, 0.4) is 0 Å². The lowest BCUT2D eigenvalue weighted by molar-refractivity contribution is 0.144. The molecule has 0 saturated heterocycles. The molecule has 1 aromatic heterocycles. The molecular formula is C19H24FN3O2. The van der Waals surface area contributed by atoms with E-state index < -0.39 is 5.76 Å². The topological polar surface area (TPSA) is 51.3 Å². The lowest BCUT2D eigenvalue weighted by Gasteiger charge is -2.29. The zero-order chi connectivity index (χ0) is 17.2. The molecule has 0 aliphatic heterocycles. The van der Waals surface area contributed by atoms with Crippen LogP contribution >= 0.6 is 0 Å². The molecule has 1 aromatic carbocycles. The molecule has 0 atom stereocenters. The highest BCUT2D eigenvalue weighted by Gasteiger charge is 2.32. The fraction of sp³-hybridized carbons (Fsp3) is 0.579. The molecule has 0 amide bonds. The highest BCUT2D eigenvalue weighted by molar-refractivity contribution is 5.51. The van der Waals surface area contributed by atoms with Gasteiger partial charge >= 0.3 is 5.76 Å². The minimum atomic E-state index is -0.450. The number of hydrogen-bond donors (Lipinski definition) is 0. The van der Waals surface area contributed by atoms with Crippen molar-refractivity contribution in [2.24, 2.45) is 5.92 Å². The molecule has 2 fully saturated rings. The third-order valence-electron chi connectivity index (χ3n) is 5.29. The number of rotatable bonds is 6. The molecule has 0 bridgehead atoms. The van der Waals surface area contributed by atoms with Gasteiger partial charge in [0.05, 0.1) is 0 Å². The van der Waals surface area contributed by atoms with Crippen LogP contribution in [0.15, 0.2) is 33.5 Å². The number of hydrogen-bond acceptors (Lipinski definition) is 4. The average Bonchev–Trinajstić information content (AvgIpc) is 3.41. The Kier molecular flexibility index (Phi) is 4.70. The summed E-state index contributed by atoms with van der Waals surface area (Å²) in [4.78, 5) is 14.6. The molecule has 2 saturated carbocycles. The highest BCUT2D eigenvalue weighted by Crippen LogP contribution is 2.31. The summed E-state index contributed by atoms with van der Waals surface area (Å²) in [5, 5.41) is 4.33. The minimum absolute atomic E-state index is 0.249. The minimum Gasteiger partial charge on any atom is -0.388 e. The van der Waals surface area contributed by atoms with Crippen LogP contribution in [-0.2, 0) is 6.67 Å². The molecule has 6 heteroatoms. The summed E-state index contributed by atoms with van der Waals surface area (Å²) in [6.45, 7) is 1.51. The van der Waals surface area contributed by atoms with Gasteiger partial charge in [-0.15, -0.1) is 5.10 Å². The molecule has 0 N–H and O–H groups in total. The first-order chi connectivity index (χ1) is 12.2. The standard InChI is InChI=1S/C19H24FN3O2/c20-16-8-6-15(7-9-16)18-21-23(19(24)25-18)13-22(17-10-11-17)12-14-4-2-1-3-5-14/h6-9,14,17H,1-5,10-13H2. The van der Waals surface area contributed by atoms with Gasteiger partial charge in [0.15, 0.2) is 0 Å². The lowest BCUT2D eigenvalue weighted by atomic mass is 9.89. The molecule has 0 radical (unpaired) electrons. The zero-order valence-corrected chi connectivity index (χ0v) is 14.4. The van der Waals surface area contributed by atoms with E-state index in [-0.39, 0.29) is 11.7 Å². The normalized spacial score (nSPS) is 18.8. The van der Waals surface area contributed by atoms with Crippen LogP contribution in [0.5, 0.6) is 0 Å². The van der Waals surface area contributed by atoms with E-state index in [4.69, 9.17) is 4.42 Å². The Labute approximate surface area is 146 Å². The van der Waals surface area contributed by atoms with Gasteiger partial charge < -0.3 is 4.42 Å². The van der Waals surface area contributed by atoms with Gasteiger partial charge in [0.1, 0.15) is 12.5 Å². The maximum absolute atomic E-state index is 13.1. The molecule has 2 aliphatic carbocycles. The molecule has 2 aliphatic rings. The van der Waals surface area contributed by atoms with E-state index in [1.807, 2.05) is 0 Å². The van der Waals surface area contributed by atoms with Crippen molar-refractivity contribution in [3.8, 4) is 11.5 Å². The number of nitrogens with zero attached hydrogens (tertiary/aromatic N) is 3. The second-order valence-corrected chi connectivity index (χ2v) is 7.33. The predicted molar refractivity (Wildman–Crippen MR) is 92.5 cm³/mol. The molecule has 25 heavy (non-hydrogen) atoms. The van der Waals surface area contributed by atoms with Crippen molar-refractivity contribution in [1.82, 2.24) is 14.7 Å². The van der Waals surface area contributed by atoms with Gasteiger partial charge in [-0.3, -0.25) is 4.90 Å². The zero-order valence-electron chi connectivity index (χ0n) is 14.4. The van der Waals surface area contributed by atoms with E-state index in [1.165, 1.54) is 61.8 Å². The van der Waals surface area contributed by atoms with Gasteiger partial charge in [-0.2, -0.15) is 4.68 Å². The largest absolute Gasteiger partial charge is 0.438 e. The number of aromatic nitrogens is 2. The summed E-state index contributed by atoms with van der Waals surface area (Å²) in [7, 11) is 0. The molecule has 134 valence electrons. The highest BCUT2D eigenvalue weighted by atomic mass is 19.1. The van der Waals surface area contributed by atoms with Crippen molar-refractivity contribution < 1.29 is 8.81 Å². The number of benzene rings is 1. The third-order valence-corrected chi connectivity index (χ3v) is 5.29. The van der Waals surface area contributed by atoms with Crippen LogP contribution in [0, 0.1) is 11.7 Å². The van der Waals surface area contributed by atoms with Gasteiger partial charge in [0.25, 0.3) is 0 Å². The van der Waals surface area contributed by atoms with Crippen LogP contribution in [0.4, 0.5) is 4.39 Å². The van der Waals surface area contributed by atoms with Crippen molar-refractivity contribution in [3.05, 3.63) is 40.6 Å². The van der Waals surface area contributed by atoms with E-state index in [0.717, 1.165) is 12.5 Å². The van der Waals surface area contributed by atoms with Crippen LogP contribution < -0.4 is 5.76 Å². The number of halogens is 1. The van der Waals surface area contributed by atoms with Crippen LogP contribution in [0.2, 0.25) is 0 Å². The van der Waals surface area contributed by atoms with E-state index >= 15 is 0 Å². The lowest BCUT2D eigenvalue weighted by Crippen LogP contribution is -2.37. The first-order valence-corrected chi connectivity index (χ1v) is 9.27. The molecule has 0 unspecified atom stereocenters. The monoisotopic (exact) mass is 345 g/mol. The second-order valence-electron chi connectivity index (χ2n) is 7.33. The van der Waals surface area contributed by atoms with Gasteiger partial charge in [-0.25, -0.2) is 9.18 Å². The first-order valence-electron chi connectivity index (χ1n) is 9.27. The Hall–Kier alpha value is -1.95. The Morgan fingerprint density at radius 3 is 2.52 bits per heavy atom. The summed E-state index contributed by atoms with van der Waals surface area (Å²) < 4.78 is 19.7. The van der Waals surface area contributed by atoms with E-state index in [2.05, 4.69) is 10.00 Å². The Bertz CT molecular complexity index is 758. The van der Waals surface area contributed by atoms with Gasteiger partial charge in [-0.1, -0.05) is 19.3 Å². The first kappa shape index (κ1) is 16.5. The Morgan fingerprint density at radius 2 is 1.84 bits per heavy atom. The Balaban J connectivity index is 1.48. The predicted octanol–water partition coefficient (Wildman–Crippen LogP) is 3.64. The quantitative estimate of drug-likeness (QED) is 0.802. The van der Waals surface area contributed by atoms with Crippen molar-refractivity contribution in [2.75, 3.05) is 6.54 Å². The summed E-state index contributed by atoms with van der Waals surface area (Å²) in [6.07, 6.45) is 8.97. The molecule has 0 spiro atoms. The van der Waals surface area contributed by atoms with Gasteiger partial charge in [0, 0.05) is 18.2 Å². The van der Waals surface area contributed by atoms with Crippen molar-refractivity contribution >= 4 is 0 Å². The van der Waals surface area contributed by atoms with Gasteiger partial charge in [-0.05, 0) is 55.9 Å². The average molecular weight is 345 g/mol. The smallest absolute Gasteiger partial charge is 0.388 e. The fourth-order valence-corrected chi connectivity index (χ4v) is 3.74. The maximum atomic E-state index is 13.1. The summed E-state index contributed by atoms with van der Waals surface area (Å²) >= 11 is 0. The van der Waals surface area contributed by atoms with E-state index in [9.17, 15) is 9.18 Å². The summed E-state index contributed by atoms with van der Waals surface area (Å²) in [5.74, 6) is 0.207. The third kappa shape index (κ3) is 4.00. The van der Waals surface area contributed by atoms with Gasteiger partial charge in [0.2, 0.25) is 5.89 Å². The van der Waals surface area contributed by atoms with Crippen molar-refractivity contribution in [3.63, 3.8) is 0 Å². The Morgan fingerprint density at radius 1 is 1.12 bits per heavy atom. The van der Waals surface area contributed by atoms with E-state index in [1.54, 1.807) is 12.1 Å². The molecule has 4 rings (SSSR count). The van der Waals surface area contributed by atoms with Crippen molar-refractivity contribution in [2.45, 2.75) is 57.7 Å². The SMILES string of the molecule is O=c1oc(-c2ccc(F)cc2)nn1CN(CC1CCCCC1)C1CC1. The molecule has 5 nitrogen and oxygen atoms in total. The maximum Gasteiger partial charge on any atom is 0.438 e. The molecule has 1 heterocycles. The van der Waals surface area contributed by atoms with Crippen LogP contribution in [0.1, 0.15) is 44.9 Å². The molecule has 2 aromatic rings. The summed E-state index contributed by atoms with van der Waals surface area (Å²) in [6, 6.07) is 6.40. The summed E-state index contributed by atoms with van der Waals surface area (Å²) in [5.41, 5.74) is 0.613. The molecular weight excluding hydrogens is 321 g/mol. The van der Waals surface area contributed by atoms with Crippen LogP contribution in [-0.4, -0.2) is 27.3 Å².